The maximum absolute atomic E-state index is 11.4. The molecule has 0 aromatic carbocycles. The molecule has 1 aliphatic carbocycles. The zero-order chi connectivity index (χ0) is 10.7. The Kier molecular flexibility index (Phi) is 4.74. The van der Waals surface area contributed by atoms with Gasteiger partial charge in [0.25, 0.3) is 0 Å². The number of esters is 1. The number of halogens is 1. The lowest BCUT2D eigenvalue weighted by Gasteiger charge is -2.49. The van der Waals surface area contributed by atoms with Gasteiger partial charge in [-0.15, -0.1) is 12.4 Å². The summed E-state index contributed by atoms with van der Waals surface area (Å²) >= 11 is 0. The number of aldehydes is 1. The van der Waals surface area contributed by atoms with Crippen LogP contribution in [0.5, 0.6) is 0 Å². The van der Waals surface area contributed by atoms with Crippen LogP contribution < -0.4 is 5.32 Å². The fraction of sp³-hybridized carbons (Fsp3) is 0.818. The highest BCUT2D eigenvalue weighted by Crippen LogP contribution is 2.51. The largest absolute Gasteiger partial charge is 0.458 e. The normalized spacial score (nSPS) is 23.0. The smallest absolute Gasteiger partial charge is 0.309 e. The summed E-state index contributed by atoms with van der Waals surface area (Å²) in [5, 5.41) is 3.32. The quantitative estimate of drug-likeness (QED) is 0.596. The topological polar surface area (TPSA) is 55.4 Å². The molecule has 1 saturated heterocycles. The lowest BCUT2D eigenvalue weighted by Crippen LogP contribution is -2.48. The van der Waals surface area contributed by atoms with Crippen LogP contribution >= 0.6 is 12.4 Å². The fourth-order valence-electron chi connectivity index (χ4n) is 2.75. The third-order valence-corrected chi connectivity index (χ3v) is 3.65. The highest BCUT2D eigenvalue weighted by atomic mass is 35.5. The molecule has 0 aromatic rings. The predicted molar refractivity (Wildman–Crippen MR) is 61.5 cm³/mol. The van der Waals surface area contributed by atoms with E-state index >= 15 is 0 Å². The molecule has 1 saturated carbocycles. The molecule has 5 heteroatoms. The molecule has 2 fully saturated rings. The van der Waals surface area contributed by atoms with Crippen molar-refractivity contribution in [3.8, 4) is 0 Å². The van der Waals surface area contributed by atoms with E-state index in [0.29, 0.717) is 11.7 Å². The summed E-state index contributed by atoms with van der Waals surface area (Å²) in [6, 6.07) is 0. The maximum atomic E-state index is 11.4. The lowest BCUT2D eigenvalue weighted by atomic mass is 9.58. The summed E-state index contributed by atoms with van der Waals surface area (Å²) in [6.45, 7) is 2.04. The molecule has 1 aliphatic heterocycles. The number of nitrogens with one attached hydrogen (secondary N) is 1. The van der Waals surface area contributed by atoms with Gasteiger partial charge >= 0.3 is 5.97 Å². The Hall–Kier alpha value is -0.610. The van der Waals surface area contributed by atoms with E-state index in [0.717, 1.165) is 25.9 Å². The van der Waals surface area contributed by atoms with Crippen molar-refractivity contribution in [1.29, 1.82) is 0 Å². The summed E-state index contributed by atoms with van der Waals surface area (Å²) in [6.07, 6.45) is 4.87. The van der Waals surface area contributed by atoms with Crippen molar-refractivity contribution in [2.45, 2.75) is 25.7 Å². The van der Waals surface area contributed by atoms with E-state index in [9.17, 15) is 9.59 Å². The molecular weight excluding hydrogens is 230 g/mol. The Balaban J connectivity index is 0.00000128. The van der Waals surface area contributed by atoms with Gasteiger partial charge in [-0.3, -0.25) is 9.59 Å². The van der Waals surface area contributed by atoms with Gasteiger partial charge in [0.05, 0.1) is 5.92 Å². The highest BCUT2D eigenvalue weighted by molar-refractivity contribution is 5.85. The average molecular weight is 248 g/mol. The summed E-state index contributed by atoms with van der Waals surface area (Å²) in [4.78, 5) is 21.5. The van der Waals surface area contributed by atoms with Gasteiger partial charge in [0.1, 0.15) is 6.61 Å². The summed E-state index contributed by atoms with van der Waals surface area (Å²) in [7, 11) is 0. The molecule has 0 amide bonds. The summed E-state index contributed by atoms with van der Waals surface area (Å²) in [5.41, 5.74) is 0.399. The van der Waals surface area contributed by atoms with Gasteiger partial charge in [0.15, 0.2) is 6.29 Å². The third-order valence-electron chi connectivity index (χ3n) is 3.65. The van der Waals surface area contributed by atoms with Crippen molar-refractivity contribution in [2.75, 3.05) is 19.7 Å². The number of carbonyl (C=O) groups excluding carboxylic acids is 2. The molecule has 92 valence electrons. The second-order valence-electron chi connectivity index (χ2n) is 4.65. The molecule has 0 atom stereocenters. The second kappa shape index (κ2) is 5.64. The molecule has 0 bridgehead atoms. The van der Waals surface area contributed by atoms with Crippen molar-refractivity contribution < 1.29 is 14.3 Å². The predicted octanol–water partition coefficient (Wildman–Crippen LogP) is 0.930. The molecule has 1 spiro atoms. The van der Waals surface area contributed by atoms with E-state index in [1.807, 2.05) is 0 Å². The molecular formula is C11H18ClNO3. The number of carbonyl (C=O) groups is 2. The minimum atomic E-state index is -0.189. The first kappa shape index (κ1) is 13.5. The number of ether oxygens (including phenoxy) is 1. The summed E-state index contributed by atoms with van der Waals surface area (Å²) in [5.74, 6) is -0.144. The van der Waals surface area contributed by atoms with Gasteiger partial charge in [0.2, 0.25) is 0 Å². The molecule has 2 rings (SSSR count). The van der Waals surface area contributed by atoms with Crippen LogP contribution in [0.3, 0.4) is 0 Å². The third kappa shape index (κ3) is 2.74. The first-order valence-corrected chi connectivity index (χ1v) is 5.57. The van der Waals surface area contributed by atoms with Crippen LogP contribution in [0.25, 0.3) is 0 Å². The van der Waals surface area contributed by atoms with Crippen LogP contribution in [0.4, 0.5) is 0 Å². The van der Waals surface area contributed by atoms with E-state index < -0.39 is 0 Å². The molecule has 1 heterocycles. The van der Waals surface area contributed by atoms with Gasteiger partial charge in [-0.05, 0) is 44.2 Å². The first-order valence-electron chi connectivity index (χ1n) is 5.57. The van der Waals surface area contributed by atoms with Gasteiger partial charge in [-0.1, -0.05) is 0 Å². The Morgan fingerprint density at radius 2 is 2.00 bits per heavy atom. The van der Waals surface area contributed by atoms with E-state index in [1.54, 1.807) is 0 Å². The van der Waals surface area contributed by atoms with Gasteiger partial charge < -0.3 is 10.1 Å². The van der Waals surface area contributed by atoms with Crippen molar-refractivity contribution in [3.05, 3.63) is 0 Å². The molecule has 0 radical (unpaired) electrons. The van der Waals surface area contributed by atoms with Crippen LogP contribution in [0.2, 0.25) is 0 Å². The van der Waals surface area contributed by atoms with Gasteiger partial charge in [0, 0.05) is 0 Å². The number of rotatable bonds is 3. The Morgan fingerprint density at radius 3 is 2.56 bits per heavy atom. The standard InChI is InChI=1S/C11H17NO3.ClH/c13-5-6-15-10(14)9-7-11(8-9)1-3-12-4-2-11;/h5,9,12H,1-4,6-8H2;1H. The van der Waals surface area contributed by atoms with Crippen molar-refractivity contribution in [1.82, 2.24) is 5.32 Å². The lowest BCUT2D eigenvalue weighted by molar-refractivity contribution is -0.159. The number of hydrogen-bond acceptors (Lipinski definition) is 4. The van der Waals surface area contributed by atoms with Gasteiger partial charge in [-0.25, -0.2) is 0 Å². The Morgan fingerprint density at radius 1 is 1.38 bits per heavy atom. The fourth-order valence-corrected chi connectivity index (χ4v) is 2.75. The van der Waals surface area contributed by atoms with Crippen molar-refractivity contribution in [2.24, 2.45) is 11.3 Å². The minimum Gasteiger partial charge on any atom is -0.458 e. The van der Waals surface area contributed by atoms with Crippen molar-refractivity contribution >= 4 is 24.7 Å². The zero-order valence-corrected chi connectivity index (χ0v) is 10.1. The SMILES string of the molecule is Cl.O=CCOC(=O)C1CC2(CCNCC2)C1. The zero-order valence-electron chi connectivity index (χ0n) is 9.24. The van der Waals surface area contributed by atoms with Crippen LogP contribution in [-0.2, 0) is 14.3 Å². The maximum Gasteiger partial charge on any atom is 0.309 e. The van der Waals surface area contributed by atoms with Gasteiger partial charge in [-0.2, -0.15) is 0 Å². The monoisotopic (exact) mass is 247 g/mol. The molecule has 4 nitrogen and oxygen atoms in total. The van der Waals surface area contributed by atoms with Crippen LogP contribution in [0.15, 0.2) is 0 Å². The van der Waals surface area contributed by atoms with Crippen LogP contribution in [-0.4, -0.2) is 32.0 Å². The van der Waals surface area contributed by atoms with Crippen LogP contribution in [0, 0.1) is 11.3 Å². The van der Waals surface area contributed by atoms with Crippen LogP contribution in [0.1, 0.15) is 25.7 Å². The van der Waals surface area contributed by atoms with E-state index in [1.165, 1.54) is 12.8 Å². The first-order chi connectivity index (χ1) is 7.26. The van der Waals surface area contributed by atoms with E-state index in [-0.39, 0.29) is 30.9 Å². The highest BCUT2D eigenvalue weighted by Gasteiger charge is 2.47. The van der Waals surface area contributed by atoms with E-state index in [4.69, 9.17) is 4.74 Å². The molecule has 1 N–H and O–H groups in total. The average Bonchev–Trinajstić information content (AvgIpc) is 2.23. The summed E-state index contributed by atoms with van der Waals surface area (Å²) < 4.78 is 4.81. The minimum absolute atomic E-state index is 0. The number of hydrogen-bond donors (Lipinski definition) is 1. The van der Waals surface area contributed by atoms with E-state index in [2.05, 4.69) is 5.32 Å². The Labute approximate surface area is 102 Å². The Bertz CT molecular complexity index is 256. The second-order valence-corrected chi connectivity index (χ2v) is 4.65. The molecule has 0 unspecified atom stereocenters. The molecule has 16 heavy (non-hydrogen) atoms. The number of piperidine rings is 1. The molecule has 0 aromatic heterocycles. The molecule has 2 aliphatic rings. The van der Waals surface area contributed by atoms with Crippen molar-refractivity contribution in [3.63, 3.8) is 0 Å².